The van der Waals surface area contributed by atoms with Gasteiger partial charge in [-0.25, -0.2) is 0 Å². The fraction of sp³-hybridized carbons (Fsp3) is 0.300. The number of carbonyl (C=O) groups excluding carboxylic acids is 2. The summed E-state index contributed by atoms with van der Waals surface area (Å²) >= 11 is 0. The molecule has 0 fully saturated rings. The van der Waals surface area contributed by atoms with Crippen LogP contribution in [0.25, 0.3) is 0 Å². The van der Waals surface area contributed by atoms with Gasteiger partial charge in [0.25, 0.3) is 11.8 Å². The third-order valence-corrected chi connectivity index (χ3v) is 3.58. The largest absolute Gasteiger partial charge is 0.497 e. The monoisotopic (exact) mass is 356 g/mol. The number of amides is 2. The average molecular weight is 356 g/mol. The second-order valence-electron chi connectivity index (χ2n) is 6.13. The van der Waals surface area contributed by atoms with Crippen molar-refractivity contribution in [3.63, 3.8) is 0 Å². The fourth-order valence-corrected chi connectivity index (χ4v) is 2.21. The molecule has 0 radical (unpaired) electrons. The van der Waals surface area contributed by atoms with Crippen LogP contribution in [0.2, 0.25) is 0 Å². The number of benzene rings is 2. The number of hydrogen-bond donors (Lipinski definition) is 2. The third-order valence-electron chi connectivity index (χ3n) is 3.58. The van der Waals surface area contributed by atoms with Crippen molar-refractivity contribution in [2.75, 3.05) is 12.4 Å². The molecular formula is C20H24N2O4. The zero-order chi connectivity index (χ0) is 19.1. The maximum atomic E-state index is 12.3. The van der Waals surface area contributed by atoms with E-state index in [-0.39, 0.29) is 17.9 Å². The van der Waals surface area contributed by atoms with Crippen LogP contribution in [-0.4, -0.2) is 31.1 Å². The first-order valence-corrected chi connectivity index (χ1v) is 8.41. The van der Waals surface area contributed by atoms with Gasteiger partial charge < -0.3 is 20.1 Å². The second kappa shape index (κ2) is 8.89. The molecule has 0 spiro atoms. The molecule has 0 aliphatic carbocycles. The van der Waals surface area contributed by atoms with Crippen LogP contribution in [0.1, 0.15) is 31.1 Å². The standard InChI is InChI=1S/C20H24N2O4/c1-13(2)21-20(24)15-5-7-16(8-6-15)22-19(23)14(3)26-18-11-9-17(25-4)10-12-18/h5-14H,1-4H3,(H,21,24)(H,22,23). The van der Waals surface area contributed by atoms with Crippen molar-refractivity contribution in [2.24, 2.45) is 0 Å². The van der Waals surface area contributed by atoms with Gasteiger partial charge in [-0.1, -0.05) is 0 Å². The van der Waals surface area contributed by atoms with Crippen LogP contribution in [0.5, 0.6) is 11.5 Å². The number of methoxy groups -OCH3 is 1. The summed E-state index contributed by atoms with van der Waals surface area (Å²) in [5.41, 5.74) is 1.14. The summed E-state index contributed by atoms with van der Waals surface area (Å²) in [6, 6.07) is 13.8. The minimum Gasteiger partial charge on any atom is -0.497 e. The molecule has 1 unspecified atom stereocenters. The Labute approximate surface area is 153 Å². The molecular weight excluding hydrogens is 332 g/mol. The molecule has 138 valence electrons. The fourth-order valence-electron chi connectivity index (χ4n) is 2.21. The molecule has 2 aromatic rings. The van der Waals surface area contributed by atoms with E-state index in [0.29, 0.717) is 17.0 Å². The first-order valence-electron chi connectivity index (χ1n) is 8.41. The van der Waals surface area contributed by atoms with Gasteiger partial charge >= 0.3 is 0 Å². The van der Waals surface area contributed by atoms with Crippen molar-refractivity contribution in [3.8, 4) is 11.5 Å². The van der Waals surface area contributed by atoms with E-state index in [1.165, 1.54) is 0 Å². The van der Waals surface area contributed by atoms with E-state index in [1.807, 2.05) is 13.8 Å². The number of rotatable bonds is 7. The van der Waals surface area contributed by atoms with Gasteiger partial charge in [-0.15, -0.1) is 0 Å². The molecule has 0 bridgehead atoms. The van der Waals surface area contributed by atoms with E-state index >= 15 is 0 Å². The third kappa shape index (κ3) is 5.51. The molecule has 0 aliphatic rings. The molecule has 1 atom stereocenters. The minimum atomic E-state index is -0.674. The van der Waals surface area contributed by atoms with Gasteiger partial charge in [0.05, 0.1) is 7.11 Å². The topological polar surface area (TPSA) is 76.7 Å². The highest BCUT2D eigenvalue weighted by Gasteiger charge is 2.15. The number of ether oxygens (including phenoxy) is 2. The lowest BCUT2D eigenvalue weighted by molar-refractivity contribution is -0.122. The SMILES string of the molecule is COc1ccc(OC(C)C(=O)Nc2ccc(C(=O)NC(C)C)cc2)cc1. The molecule has 6 nitrogen and oxygen atoms in total. The summed E-state index contributed by atoms with van der Waals surface area (Å²) in [6.45, 7) is 5.47. The van der Waals surface area contributed by atoms with Gasteiger partial charge in [0.1, 0.15) is 11.5 Å². The van der Waals surface area contributed by atoms with Crippen LogP contribution in [0.3, 0.4) is 0 Å². The quantitative estimate of drug-likeness (QED) is 0.798. The van der Waals surface area contributed by atoms with Crippen molar-refractivity contribution in [3.05, 3.63) is 54.1 Å². The minimum absolute atomic E-state index is 0.0674. The Morgan fingerprint density at radius 2 is 1.46 bits per heavy atom. The van der Waals surface area contributed by atoms with Crippen LogP contribution in [0, 0.1) is 0 Å². The van der Waals surface area contributed by atoms with Crippen molar-refractivity contribution < 1.29 is 19.1 Å². The summed E-state index contributed by atoms with van der Waals surface area (Å²) < 4.78 is 10.7. The van der Waals surface area contributed by atoms with E-state index in [9.17, 15) is 9.59 Å². The molecule has 2 rings (SSSR count). The lowest BCUT2D eigenvalue weighted by Crippen LogP contribution is -2.30. The first-order chi connectivity index (χ1) is 12.4. The molecule has 0 aromatic heterocycles. The smallest absolute Gasteiger partial charge is 0.265 e. The molecule has 2 N–H and O–H groups in total. The summed E-state index contributed by atoms with van der Waals surface area (Å²) in [4.78, 5) is 24.2. The highest BCUT2D eigenvalue weighted by atomic mass is 16.5. The van der Waals surface area contributed by atoms with Crippen molar-refractivity contribution in [2.45, 2.75) is 32.9 Å². The molecule has 0 aliphatic heterocycles. The van der Waals surface area contributed by atoms with Crippen LogP contribution in [0.15, 0.2) is 48.5 Å². The lowest BCUT2D eigenvalue weighted by atomic mass is 10.2. The lowest BCUT2D eigenvalue weighted by Gasteiger charge is -2.15. The maximum Gasteiger partial charge on any atom is 0.265 e. The van der Waals surface area contributed by atoms with E-state index in [4.69, 9.17) is 9.47 Å². The molecule has 0 heterocycles. The number of nitrogens with one attached hydrogen (secondary N) is 2. The maximum absolute atomic E-state index is 12.3. The molecule has 2 aromatic carbocycles. The Bertz CT molecular complexity index is 739. The number of hydrogen-bond acceptors (Lipinski definition) is 4. The van der Waals surface area contributed by atoms with Crippen molar-refractivity contribution in [1.82, 2.24) is 5.32 Å². The number of carbonyl (C=O) groups is 2. The highest BCUT2D eigenvalue weighted by molar-refractivity contribution is 5.96. The molecule has 6 heteroatoms. The van der Waals surface area contributed by atoms with E-state index in [1.54, 1.807) is 62.6 Å². The molecule has 0 saturated heterocycles. The van der Waals surface area contributed by atoms with Gasteiger partial charge in [-0.3, -0.25) is 9.59 Å². The van der Waals surface area contributed by atoms with Gasteiger partial charge in [-0.2, -0.15) is 0 Å². The summed E-state index contributed by atoms with van der Waals surface area (Å²) in [5.74, 6) is 0.875. The number of anilines is 1. The molecule has 2 amide bonds. The second-order valence-corrected chi connectivity index (χ2v) is 6.13. The van der Waals surface area contributed by atoms with Crippen LogP contribution < -0.4 is 20.1 Å². The normalized spacial score (nSPS) is 11.6. The van der Waals surface area contributed by atoms with Crippen molar-refractivity contribution >= 4 is 17.5 Å². The van der Waals surface area contributed by atoms with E-state index < -0.39 is 6.10 Å². The molecule has 0 saturated carbocycles. The van der Waals surface area contributed by atoms with Crippen molar-refractivity contribution in [1.29, 1.82) is 0 Å². The summed E-state index contributed by atoms with van der Waals surface area (Å²) in [5, 5.41) is 5.59. The van der Waals surface area contributed by atoms with Gasteiger partial charge in [0, 0.05) is 17.3 Å². The first kappa shape index (κ1) is 19.3. The Morgan fingerprint density at radius 3 is 2.00 bits per heavy atom. The highest BCUT2D eigenvalue weighted by Crippen LogP contribution is 2.18. The average Bonchev–Trinajstić information content (AvgIpc) is 2.62. The van der Waals surface area contributed by atoms with Gasteiger partial charge in [0.15, 0.2) is 6.10 Å². The van der Waals surface area contributed by atoms with Crippen LogP contribution in [-0.2, 0) is 4.79 Å². The Balaban J connectivity index is 1.92. The zero-order valence-corrected chi connectivity index (χ0v) is 15.4. The van der Waals surface area contributed by atoms with E-state index in [0.717, 1.165) is 5.75 Å². The van der Waals surface area contributed by atoms with E-state index in [2.05, 4.69) is 10.6 Å². The summed E-state index contributed by atoms with van der Waals surface area (Å²) in [7, 11) is 1.59. The Morgan fingerprint density at radius 1 is 0.885 bits per heavy atom. The van der Waals surface area contributed by atoms with Gasteiger partial charge in [-0.05, 0) is 69.3 Å². The Kier molecular flexibility index (Phi) is 6.60. The molecule has 26 heavy (non-hydrogen) atoms. The van der Waals surface area contributed by atoms with Gasteiger partial charge in [0.2, 0.25) is 0 Å². The van der Waals surface area contributed by atoms with Crippen LogP contribution >= 0.6 is 0 Å². The predicted molar refractivity (Wildman–Crippen MR) is 101 cm³/mol. The Hall–Kier alpha value is -3.02. The summed E-state index contributed by atoms with van der Waals surface area (Å²) in [6.07, 6.45) is -0.674. The predicted octanol–water partition coefficient (Wildman–Crippen LogP) is 3.24. The zero-order valence-electron chi connectivity index (χ0n) is 15.4. The van der Waals surface area contributed by atoms with Crippen LogP contribution in [0.4, 0.5) is 5.69 Å².